The van der Waals surface area contributed by atoms with E-state index in [1.165, 1.54) is 6.08 Å². The van der Waals surface area contributed by atoms with Crippen molar-refractivity contribution in [3.05, 3.63) is 53.1 Å². The van der Waals surface area contributed by atoms with Gasteiger partial charge in [-0.1, -0.05) is 54.1 Å². The number of rotatable bonds is 4. The molecule has 0 amide bonds. The maximum Gasteiger partial charge on any atom is 0.349 e. The van der Waals surface area contributed by atoms with Gasteiger partial charge >= 0.3 is 5.97 Å². The minimum Gasteiger partial charge on any atom is -0.462 e. The van der Waals surface area contributed by atoms with Crippen molar-refractivity contribution in [2.24, 2.45) is 0 Å². The summed E-state index contributed by atoms with van der Waals surface area (Å²) in [4.78, 5) is 11.1. The molecule has 84 valence electrons. The lowest BCUT2D eigenvalue weighted by molar-refractivity contribution is -0.137. The highest BCUT2D eigenvalue weighted by atomic mass is 35.5. The lowest BCUT2D eigenvalue weighted by atomic mass is 10.2. The van der Waals surface area contributed by atoms with Crippen LogP contribution in [0.25, 0.3) is 6.08 Å². The van der Waals surface area contributed by atoms with Crippen molar-refractivity contribution in [2.75, 3.05) is 6.61 Å². The standard InChI is InChI=1S/C13H13ClO2/c1-2-16-13(15)12(14)10-6-9-11-7-4-3-5-8-11/h3-10H,2H2,1H3/b9-6+,12-10-. The van der Waals surface area contributed by atoms with Crippen LogP contribution < -0.4 is 0 Å². The summed E-state index contributed by atoms with van der Waals surface area (Å²) in [5.74, 6) is -0.498. The predicted molar refractivity (Wildman–Crippen MR) is 66.0 cm³/mol. The fourth-order valence-electron chi connectivity index (χ4n) is 1.08. The van der Waals surface area contributed by atoms with Crippen LogP contribution in [0.1, 0.15) is 12.5 Å². The molecule has 0 heterocycles. The molecule has 1 rings (SSSR count). The van der Waals surface area contributed by atoms with Crippen molar-refractivity contribution in [3.63, 3.8) is 0 Å². The van der Waals surface area contributed by atoms with Gasteiger partial charge in [0.15, 0.2) is 0 Å². The molecule has 0 aliphatic rings. The molecule has 0 saturated carbocycles. The van der Waals surface area contributed by atoms with Gasteiger partial charge in [0.25, 0.3) is 0 Å². The van der Waals surface area contributed by atoms with Crippen LogP contribution >= 0.6 is 11.6 Å². The van der Waals surface area contributed by atoms with Crippen LogP contribution in [-0.4, -0.2) is 12.6 Å². The van der Waals surface area contributed by atoms with Crippen LogP contribution in [0.15, 0.2) is 47.5 Å². The first kappa shape index (κ1) is 12.5. The molecule has 0 aliphatic carbocycles. The van der Waals surface area contributed by atoms with E-state index in [0.717, 1.165) is 5.56 Å². The van der Waals surface area contributed by atoms with E-state index in [1.54, 1.807) is 13.0 Å². The quantitative estimate of drug-likeness (QED) is 0.455. The molecule has 0 bridgehead atoms. The molecule has 0 aliphatic heterocycles. The van der Waals surface area contributed by atoms with Gasteiger partial charge in [0.1, 0.15) is 5.03 Å². The Morgan fingerprint density at radius 1 is 1.38 bits per heavy atom. The van der Waals surface area contributed by atoms with Crippen LogP contribution in [0, 0.1) is 0 Å². The molecule has 3 heteroatoms. The van der Waals surface area contributed by atoms with Gasteiger partial charge in [-0.3, -0.25) is 0 Å². The second kappa shape index (κ2) is 6.85. The molecule has 1 aromatic carbocycles. The Morgan fingerprint density at radius 3 is 2.69 bits per heavy atom. The molecule has 16 heavy (non-hydrogen) atoms. The molecule has 0 N–H and O–H groups in total. The van der Waals surface area contributed by atoms with E-state index in [1.807, 2.05) is 36.4 Å². The van der Waals surface area contributed by atoms with Crippen LogP contribution in [0.4, 0.5) is 0 Å². The number of allylic oxidation sites excluding steroid dienone is 2. The number of hydrogen-bond acceptors (Lipinski definition) is 2. The summed E-state index contributed by atoms with van der Waals surface area (Å²) < 4.78 is 4.73. The Labute approximate surface area is 100 Å². The molecule has 1 aromatic rings. The van der Waals surface area contributed by atoms with Crippen molar-refractivity contribution in [1.82, 2.24) is 0 Å². The maximum absolute atomic E-state index is 11.1. The van der Waals surface area contributed by atoms with Crippen molar-refractivity contribution in [3.8, 4) is 0 Å². The Morgan fingerprint density at radius 2 is 2.06 bits per heavy atom. The predicted octanol–water partition coefficient (Wildman–Crippen LogP) is 3.39. The van der Waals surface area contributed by atoms with E-state index < -0.39 is 5.97 Å². The normalized spacial score (nSPS) is 11.8. The third-order valence-corrected chi connectivity index (χ3v) is 2.08. The SMILES string of the molecule is CCOC(=O)/C(Cl)=C/C=C/c1ccccc1. The largest absolute Gasteiger partial charge is 0.462 e. The smallest absolute Gasteiger partial charge is 0.349 e. The Balaban J connectivity index is 2.59. The maximum atomic E-state index is 11.1. The van der Waals surface area contributed by atoms with Gasteiger partial charge < -0.3 is 4.74 Å². The van der Waals surface area contributed by atoms with Gasteiger partial charge in [-0.05, 0) is 18.6 Å². The lowest BCUT2D eigenvalue weighted by Crippen LogP contribution is -2.02. The number of halogens is 1. The molecule has 0 atom stereocenters. The van der Waals surface area contributed by atoms with E-state index >= 15 is 0 Å². The Kier molecular flexibility index (Phi) is 5.37. The van der Waals surface area contributed by atoms with Crippen molar-refractivity contribution >= 4 is 23.6 Å². The molecule has 0 saturated heterocycles. The summed E-state index contributed by atoms with van der Waals surface area (Å²) in [5.41, 5.74) is 1.05. The van der Waals surface area contributed by atoms with E-state index in [2.05, 4.69) is 0 Å². The molecule has 0 radical (unpaired) electrons. The number of carbonyl (C=O) groups excluding carboxylic acids is 1. The minimum atomic E-state index is -0.498. The third-order valence-electron chi connectivity index (χ3n) is 1.80. The molecule has 2 nitrogen and oxygen atoms in total. The average Bonchev–Trinajstić information content (AvgIpc) is 2.30. The lowest BCUT2D eigenvalue weighted by Gasteiger charge is -1.97. The first-order chi connectivity index (χ1) is 7.74. The molecule has 0 unspecified atom stereocenters. The van der Waals surface area contributed by atoms with Gasteiger partial charge in [-0.2, -0.15) is 0 Å². The summed E-state index contributed by atoms with van der Waals surface area (Å²) in [6, 6.07) is 9.75. The summed E-state index contributed by atoms with van der Waals surface area (Å²) in [7, 11) is 0. The van der Waals surface area contributed by atoms with E-state index in [4.69, 9.17) is 16.3 Å². The number of benzene rings is 1. The zero-order valence-corrected chi connectivity index (χ0v) is 9.78. The van der Waals surface area contributed by atoms with Gasteiger partial charge in [-0.25, -0.2) is 4.79 Å². The number of ether oxygens (including phenoxy) is 1. The average molecular weight is 237 g/mol. The second-order valence-corrected chi connectivity index (χ2v) is 3.41. The fraction of sp³-hybridized carbons (Fsp3) is 0.154. The fourth-order valence-corrected chi connectivity index (χ4v) is 1.20. The zero-order valence-electron chi connectivity index (χ0n) is 9.02. The number of carbonyl (C=O) groups is 1. The first-order valence-electron chi connectivity index (χ1n) is 5.00. The summed E-state index contributed by atoms with van der Waals surface area (Å²) in [6.45, 7) is 2.06. The Hall–Kier alpha value is -1.54. The second-order valence-electron chi connectivity index (χ2n) is 3.00. The highest BCUT2D eigenvalue weighted by molar-refractivity contribution is 6.41. The topological polar surface area (TPSA) is 26.3 Å². The molecular weight excluding hydrogens is 224 g/mol. The van der Waals surface area contributed by atoms with Crippen molar-refractivity contribution < 1.29 is 9.53 Å². The first-order valence-corrected chi connectivity index (χ1v) is 5.38. The summed E-state index contributed by atoms with van der Waals surface area (Å²) in [6.07, 6.45) is 5.10. The third kappa shape index (κ3) is 4.32. The number of esters is 1. The van der Waals surface area contributed by atoms with Crippen molar-refractivity contribution in [2.45, 2.75) is 6.92 Å². The molecule has 0 fully saturated rings. The van der Waals surface area contributed by atoms with E-state index in [-0.39, 0.29) is 5.03 Å². The van der Waals surface area contributed by atoms with Gasteiger partial charge in [0.05, 0.1) is 6.61 Å². The molecule has 0 spiro atoms. The van der Waals surface area contributed by atoms with Crippen LogP contribution in [0.5, 0.6) is 0 Å². The monoisotopic (exact) mass is 236 g/mol. The zero-order chi connectivity index (χ0) is 11.8. The van der Waals surface area contributed by atoms with E-state index in [9.17, 15) is 4.79 Å². The van der Waals surface area contributed by atoms with Crippen molar-refractivity contribution in [1.29, 1.82) is 0 Å². The Bertz CT molecular complexity index is 394. The highest BCUT2D eigenvalue weighted by Gasteiger charge is 2.04. The molecular formula is C13H13ClO2. The van der Waals surface area contributed by atoms with Gasteiger partial charge in [-0.15, -0.1) is 0 Å². The minimum absolute atomic E-state index is 0.0778. The van der Waals surface area contributed by atoms with Gasteiger partial charge in [0.2, 0.25) is 0 Å². The summed E-state index contributed by atoms with van der Waals surface area (Å²) >= 11 is 5.71. The number of hydrogen-bond donors (Lipinski definition) is 0. The van der Waals surface area contributed by atoms with E-state index in [0.29, 0.717) is 6.61 Å². The van der Waals surface area contributed by atoms with Gasteiger partial charge in [0, 0.05) is 0 Å². The highest BCUT2D eigenvalue weighted by Crippen LogP contribution is 2.06. The van der Waals surface area contributed by atoms with Crippen LogP contribution in [0.2, 0.25) is 0 Å². The summed E-state index contributed by atoms with van der Waals surface area (Å²) in [5, 5.41) is 0.0778. The van der Waals surface area contributed by atoms with Crippen LogP contribution in [-0.2, 0) is 9.53 Å². The van der Waals surface area contributed by atoms with Crippen LogP contribution in [0.3, 0.4) is 0 Å². The molecule has 0 aromatic heterocycles.